The predicted octanol–water partition coefficient (Wildman–Crippen LogP) is 1.77. The number of aromatic nitrogens is 1. The van der Waals surface area contributed by atoms with Gasteiger partial charge in [-0.1, -0.05) is 13.3 Å². The van der Waals surface area contributed by atoms with Crippen LogP contribution in [0.1, 0.15) is 58.8 Å². The predicted molar refractivity (Wildman–Crippen MR) is 78.5 cm³/mol. The van der Waals surface area contributed by atoms with Crippen LogP contribution >= 0.6 is 0 Å². The molecule has 1 aromatic rings. The second-order valence-electron chi connectivity index (χ2n) is 4.91. The van der Waals surface area contributed by atoms with Gasteiger partial charge in [0.25, 0.3) is 0 Å². The Morgan fingerprint density at radius 1 is 1.29 bits per heavy atom. The van der Waals surface area contributed by atoms with Gasteiger partial charge in [-0.05, 0) is 18.9 Å². The van der Waals surface area contributed by atoms with Crippen molar-refractivity contribution in [3.05, 3.63) is 22.5 Å². The minimum absolute atomic E-state index is 0.0161. The second kappa shape index (κ2) is 7.61. The molecule has 21 heavy (non-hydrogen) atoms. The Balaban J connectivity index is 2.99. The zero-order chi connectivity index (χ0) is 16.0. The maximum absolute atomic E-state index is 11.9. The van der Waals surface area contributed by atoms with E-state index in [1.54, 1.807) is 6.92 Å². The smallest absolute Gasteiger partial charge is 0.339 e. The molecule has 0 atom stereocenters. The van der Waals surface area contributed by atoms with Crippen molar-refractivity contribution >= 4 is 17.7 Å². The van der Waals surface area contributed by atoms with Crippen molar-refractivity contribution < 1.29 is 19.1 Å². The molecule has 0 aromatic carbocycles. The summed E-state index contributed by atoms with van der Waals surface area (Å²) in [6.45, 7) is 5.71. The fourth-order valence-corrected chi connectivity index (χ4v) is 2.15. The highest BCUT2D eigenvalue weighted by atomic mass is 16.5. The van der Waals surface area contributed by atoms with E-state index in [2.05, 4.69) is 10.3 Å². The van der Waals surface area contributed by atoms with Gasteiger partial charge in [-0.2, -0.15) is 0 Å². The van der Waals surface area contributed by atoms with Crippen LogP contribution in [0.4, 0.5) is 0 Å². The third kappa shape index (κ3) is 4.18. The van der Waals surface area contributed by atoms with E-state index < -0.39 is 5.97 Å². The van der Waals surface area contributed by atoms with Gasteiger partial charge in [-0.3, -0.25) is 9.59 Å². The Kier molecular flexibility index (Phi) is 6.14. The highest BCUT2D eigenvalue weighted by Gasteiger charge is 2.24. The van der Waals surface area contributed by atoms with E-state index in [4.69, 9.17) is 4.74 Å². The molecular formula is C15H22N2O4. The normalized spacial score (nSPS) is 10.3. The van der Waals surface area contributed by atoms with Gasteiger partial charge < -0.3 is 15.0 Å². The summed E-state index contributed by atoms with van der Waals surface area (Å²) >= 11 is 0. The average Bonchev–Trinajstić information content (AvgIpc) is 2.75. The van der Waals surface area contributed by atoms with E-state index >= 15 is 0 Å². The summed E-state index contributed by atoms with van der Waals surface area (Å²) in [6.07, 6.45) is 1.91. The summed E-state index contributed by atoms with van der Waals surface area (Å²) in [7, 11) is 1.27. The molecule has 6 heteroatoms. The van der Waals surface area contributed by atoms with Gasteiger partial charge in [0.05, 0.1) is 24.8 Å². The van der Waals surface area contributed by atoms with Crippen molar-refractivity contribution in [2.24, 2.45) is 0 Å². The first-order chi connectivity index (χ1) is 9.92. The minimum Gasteiger partial charge on any atom is -0.465 e. The van der Waals surface area contributed by atoms with E-state index in [9.17, 15) is 14.4 Å². The molecule has 0 unspecified atom stereocenters. The van der Waals surface area contributed by atoms with Gasteiger partial charge in [0.1, 0.15) is 0 Å². The summed E-state index contributed by atoms with van der Waals surface area (Å²) in [5.74, 6) is -0.923. The maximum atomic E-state index is 11.9. The molecular weight excluding hydrogens is 272 g/mol. The van der Waals surface area contributed by atoms with Crippen molar-refractivity contribution in [3.8, 4) is 0 Å². The summed E-state index contributed by atoms with van der Waals surface area (Å²) in [4.78, 5) is 38.2. The Morgan fingerprint density at radius 3 is 2.48 bits per heavy atom. The molecule has 1 amide bonds. The number of esters is 1. The number of aromatic amines is 1. The Hall–Kier alpha value is -2.11. The van der Waals surface area contributed by atoms with Gasteiger partial charge >= 0.3 is 5.97 Å². The van der Waals surface area contributed by atoms with Crippen LogP contribution in [-0.2, 0) is 16.0 Å². The molecule has 0 saturated heterocycles. The molecule has 0 spiro atoms. The quantitative estimate of drug-likeness (QED) is 0.456. The Morgan fingerprint density at radius 2 is 1.95 bits per heavy atom. The van der Waals surface area contributed by atoms with Gasteiger partial charge in [0.2, 0.25) is 5.91 Å². The van der Waals surface area contributed by atoms with Crippen molar-refractivity contribution in [2.45, 2.75) is 40.0 Å². The van der Waals surface area contributed by atoms with Crippen molar-refractivity contribution in [2.75, 3.05) is 13.7 Å². The van der Waals surface area contributed by atoms with E-state index in [0.29, 0.717) is 23.5 Å². The monoisotopic (exact) mass is 294 g/mol. The number of amides is 1. The molecule has 0 aliphatic rings. The molecule has 116 valence electrons. The first-order valence-electron chi connectivity index (χ1n) is 6.99. The van der Waals surface area contributed by atoms with Crippen LogP contribution < -0.4 is 5.32 Å². The van der Waals surface area contributed by atoms with Crippen molar-refractivity contribution in [1.29, 1.82) is 0 Å². The third-order valence-corrected chi connectivity index (χ3v) is 3.26. The number of Topliss-reactive ketones (excluding diaryl/α,β-unsaturated/α-hetero) is 1. The lowest BCUT2D eigenvalue weighted by Gasteiger charge is -2.05. The molecule has 0 bridgehead atoms. The van der Waals surface area contributed by atoms with Gasteiger partial charge in [0.15, 0.2) is 5.78 Å². The zero-order valence-corrected chi connectivity index (χ0v) is 13.0. The highest BCUT2D eigenvalue weighted by Crippen LogP contribution is 2.20. The highest BCUT2D eigenvalue weighted by molar-refractivity contribution is 6.01. The summed E-state index contributed by atoms with van der Waals surface area (Å²) in [5.41, 5.74) is 1.55. The van der Waals surface area contributed by atoms with Crippen LogP contribution in [0.5, 0.6) is 0 Å². The number of ketones is 1. The molecule has 1 heterocycles. The van der Waals surface area contributed by atoms with Crippen LogP contribution in [0.15, 0.2) is 0 Å². The Bertz CT molecular complexity index is 546. The standard InChI is InChI=1S/C15H22N2O4/c1-5-6-7-16-12(19)8-11-13(15(20)21-4)9(2)14(17-11)10(3)18/h17H,5-8H2,1-4H3,(H,16,19). The van der Waals surface area contributed by atoms with E-state index in [1.165, 1.54) is 14.0 Å². The van der Waals surface area contributed by atoms with Gasteiger partial charge in [-0.15, -0.1) is 0 Å². The summed E-state index contributed by atoms with van der Waals surface area (Å²) < 4.78 is 4.73. The number of carbonyl (C=O) groups excluding carboxylic acids is 3. The minimum atomic E-state index is -0.549. The average molecular weight is 294 g/mol. The van der Waals surface area contributed by atoms with E-state index in [0.717, 1.165) is 12.8 Å². The Labute approximate surface area is 124 Å². The molecule has 0 saturated carbocycles. The number of unbranched alkanes of at least 4 members (excludes halogenated alkanes) is 1. The molecule has 6 nitrogen and oxygen atoms in total. The SMILES string of the molecule is CCCCNC(=O)Cc1[nH]c(C(C)=O)c(C)c1C(=O)OC. The van der Waals surface area contributed by atoms with Crippen LogP contribution in [-0.4, -0.2) is 36.3 Å². The summed E-state index contributed by atoms with van der Waals surface area (Å²) in [6, 6.07) is 0. The van der Waals surface area contributed by atoms with Gasteiger partial charge in [0, 0.05) is 19.2 Å². The molecule has 0 fully saturated rings. The number of rotatable bonds is 7. The maximum Gasteiger partial charge on any atom is 0.339 e. The molecule has 0 aliphatic heterocycles. The van der Waals surface area contributed by atoms with Crippen LogP contribution in [0.2, 0.25) is 0 Å². The fourth-order valence-electron chi connectivity index (χ4n) is 2.15. The molecule has 0 aliphatic carbocycles. The zero-order valence-electron chi connectivity index (χ0n) is 13.0. The van der Waals surface area contributed by atoms with Crippen molar-refractivity contribution in [1.82, 2.24) is 10.3 Å². The number of hydrogen-bond donors (Lipinski definition) is 2. The lowest BCUT2D eigenvalue weighted by Crippen LogP contribution is -2.26. The summed E-state index contributed by atoms with van der Waals surface area (Å²) in [5, 5.41) is 2.78. The molecule has 1 rings (SSSR count). The number of methoxy groups -OCH3 is 1. The number of carbonyl (C=O) groups is 3. The van der Waals surface area contributed by atoms with Crippen molar-refractivity contribution in [3.63, 3.8) is 0 Å². The number of hydrogen-bond acceptors (Lipinski definition) is 4. The topological polar surface area (TPSA) is 88.3 Å². The van der Waals surface area contributed by atoms with Gasteiger partial charge in [-0.25, -0.2) is 4.79 Å². The third-order valence-electron chi connectivity index (χ3n) is 3.26. The lowest BCUT2D eigenvalue weighted by atomic mass is 10.1. The van der Waals surface area contributed by atoms with Crippen LogP contribution in [0.25, 0.3) is 0 Å². The van der Waals surface area contributed by atoms with E-state index in [1.807, 2.05) is 6.92 Å². The largest absolute Gasteiger partial charge is 0.465 e. The molecule has 1 aromatic heterocycles. The first-order valence-corrected chi connectivity index (χ1v) is 6.99. The molecule has 0 radical (unpaired) electrons. The lowest BCUT2D eigenvalue weighted by molar-refractivity contribution is -0.120. The first kappa shape index (κ1) is 16.9. The fraction of sp³-hybridized carbons (Fsp3) is 0.533. The second-order valence-corrected chi connectivity index (χ2v) is 4.91. The number of H-pyrrole nitrogens is 1. The molecule has 2 N–H and O–H groups in total. The van der Waals surface area contributed by atoms with Crippen LogP contribution in [0.3, 0.4) is 0 Å². The van der Waals surface area contributed by atoms with E-state index in [-0.39, 0.29) is 23.7 Å². The number of nitrogens with one attached hydrogen (secondary N) is 2. The number of ether oxygens (including phenoxy) is 1. The van der Waals surface area contributed by atoms with Crippen LogP contribution in [0, 0.1) is 6.92 Å².